The van der Waals surface area contributed by atoms with Gasteiger partial charge in [-0.15, -0.1) is 0 Å². The summed E-state index contributed by atoms with van der Waals surface area (Å²) in [5, 5.41) is 3.34. The highest BCUT2D eigenvalue weighted by Gasteiger charge is 2.45. The Hall–Kier alpha value is -1.03. The summed E-state index contributed by atoms with van der Waals surface area (Å²) in [4.78, 5) is 0. The topological polar surface area (TPSA) is 12.0 Å². The molecule has 0 heterocycles. The minimum atomic E-state index is -4.28. The predicted octanol–water partition coefficient (Wildman–Crippen LogP) is 4.79. The number of nitrogens with one attached hydrogen (secondary N) is 1. The SMILES string of the molecule is CCNC(c1ccccc1C(F)(F)F)C1CC2CCC1C2. The van der Waals surface area contributed by atoms with Crippen LogP contribution in [0.3, 0.4) is 0 Å². The Morgan fingerprint density at radius 3 is 2.52 bits per heavy atom. The van der Waals surface area contributed by atoms with Crippen LogP contribution in [0.4, 0.5) is 13.2 Å². The molecule has 0 saturated heterocycles. The van der Waals surface area contributed by atoms with Crippen LogP contribution in [0.2, 0.25) is 0 Å². The lowest BCUT2D eigenvalue weighted by molar-refractivity contribution is -0.138. The van der Waals surface area contributed by atoms with Crippen LogP contribution in [-0.2, 0) is 6.18 Å². The van der Waals surface area contributed by atoms with Crippen LogP contribution < -0.4 is 5.32 Å². The third kappa shape index (κ3) is 2.83. The first-order valence-corrected chi connectivity index (χ1v) is 7.90. The molecule has 2 aliphatic carbocycles. The first-order valence-electron chi connectivity index (χ1n) is 7.90. The molecule has 2 fully saturated rings. The van der Waals surface area contributed by atoms with Gasteiger partial charge in [0.05, 0.1) is 5.56 Å². The van der Waals surface area contributed by atoms with Crippen molar-refractivity contribution >= 4 is 0 Å². The van der Waals surface area contributed by atoms with Gasteiger partial charge in [0.15, 0.2) is 0 Å². The molecule has 2 saturated carbocycles. The largest absolute Gasteiger partial charge is 0.416 e. The highest BCUT2D eigenvalue weighted by molar-refractivity contribution is 5.33. The van der Waals surface area contributed by atoms with E-state index in [-0.39, 0.29) is 6.04 Å². The minimum Gasteiger partial charge on any atom is -0.310 e. The van der Waals surface area contributed by atoms with Crippen molar-refractivity contribution in [1.82, 2.24) is 5.32 Å². The fourth-order valence-corrected chi connectivity index (χ4v) is 4.44. The molecule has 1 nitrogen and oxygen atoms in total. The summed E-state index contributed by atoms with van der Waals surface area (Å²) in [6, 6.07) is 5.91. The first kappa shape index (κ1) is 14.9. The lowest BCUT2D eigenvalue weighted by atomic mass is 9.79. The van der Waals surface area contributed by atoms with E-state index in [0.29, 0.717) is 23.9 Å². The second-order valence-corrected chi connectivity index (χ2v) is 6.46. The molecule has 1 aromatic carbocycles. The van der Waals surface area contributed by atoms with E-state index in [4.69, 9.17) is 0 Å². The Labute approximate surface area is 123 Å². The Morgan fingerprint density at radius 2 is 1.95 bits per heavy atom. The van der Waals surface area contributed by atoms with Gasteiger partial charge in [0, 0.05) is 6.04 Å². The van der Waals surface area contributed by atoms with E-state index in [2.05, 4.69) is 5.32 Å². The van der Waals surface area contributed by atoms with Crippen LogP contribution in [-0.4, -0.2) is 6.54 Å². The molecule has 4 unspecified atom stereocenters. The summed E-state index contributed by atoms with van der Waals surface area (Å²) in [6.07, 6.45) is 0.462. The Balaban J connectivity index is 1.95. The van der Waals surface area contributed by atoms with Crippen LogP contribution in [0.5, 0.6) is 0 Å². The van der Waals surface area contributed by atoms with E-state index >= 15 is 0 Å². The standard InChI is InChI=1S/C17H22F3N/c1-2-21-16(14-10-11-7-8-12(14)9-11)13-5-3-4-6-15(13)17(18,19)20/h3-6,11-12,14,16,21H,2,7-10H2,1H3. The van der Waals surface area contributed by atoms with Crippen molar-refractivity contribution in [2.75, 3.05) is 6.54 Å². The molecule has 0 aromatic heterocycles. The molecule has 0 amide bonds. The zero-order chi connectivity index (χ0) is 15.0. The van der Waals surface area contributed by atoms with Crippen molar-refractivity contribution in [1.29, 1.82) is 0 Å². The maximum absolute atomic E-state index is 13.3. The number of hydrogen-bond donors (Lipinski definition) is 1. The van der Waals surface area contributed by atoms with Crippen LogP contribution in [0.15, 0.2) is 24.3 Å². The van der Waals surface area contributed by atoms with Crippen LogP contribution in [0.1, 0.15) is 49.8 Å². The molecule has 1 aromatic rings. The second kappa shape index (κ2) is 5.64. The normalized spacial score (nSPS) is 29.8. The van der Waals surface area contributed by atoms with Crippen molar-refractivity contribution in [3.63, 3.8) is 0 Å². The molecule has 4 atom stereocenters. The van der Waals surface area contributed by atoms with E-state index in [9.17, 15) is 13.2 Å². The molecule has 4 heteroatoms. The summed E-state index contributed by atoms with van der Waals surface area (Å²) in [5.74, 6) is 1.69. The highest BCUT2D eigenvalue weighted by atomic mass is 19.4. The van der Waals surface area contributed by atoms with E-state index < -0.39 is 11.7 Å². The lowest BCUT2D eigenvalue weighted by Gasteiger charge is -2.33. The molecule has 3 rings (SSSR count). The van der Waals surface area contributed by atoms with Crippen molar-refractivity contribution < 1.29 is 13.2 Å². The fourth-order valence-electron chi connectivity index (χ4n) is 4.44. The first-order chi connectivity index (χ1) is 10.0. The van der Waals surface area contributed by atoms with E-state index in [1.54, 1.807) is 12.1 Å². The molecule has 0 spiro atoms. The van der Waals surface area contributed by atoms with Gasteiger partial charge in [-0.05, 0) is 55.2 Å². The van der Waals surface area contributed by atoms with Gasteiger partial charge >= 0.3 is 6.18 Å². The van der Waals surface area contributed by atoms with Gasteiger partial charge < -0.3 is 5.32 Å². The van der Waals surface area contributed by atoms with Crippen molar-refractivity contribution in [2.45, 2.75) is 44.8 Å². The molecule has 0 radical (unpaired) electrons. The summed E-state index contributed by atoms with van der Waals surface area (Å²) in [5.41, 5.74) is -0.0388. The third-order valence-electron chi connectivity index (χ3n) is 5.25. The average molecular weight is 297 g/mol. The van der Waals surface area contributed by atoms with Crippen molar-refractivity contribution in [2.24, 2.45) is 17.8 Å². The van der Waals surface area contributed by atoms with Crippen molar-refractivity contribution in [3.8, 4) is 0 Å². The van der Waals surface area contributed by atoms with Gasteiger partial charge in [0.25, 0.3) is 0 Å². The van der Waals surface area contributed by atoms with Gasteiger partial charge in [-0.1, -0.05) is 31.5 Å². The summed E-state index contributed by atoms with van der Waals surface area (Å²) in [7, 11) is 0. The quantitative estimate of drug-likeness (QED) is 0.842. The maximum atomic E-state index is 13.3. The van der Waals surface area contributed by atoms with Crippen molar-refractivity contribution in [3.05, 3.63) is 35.4 Å². The highest BCUT2D eigenvalue weighted by Crippen LogP contribution is 2.53. The number of halogens is 3. The maximum Gasteiger partial charge on any atom is 0.416 e. The third-order valence-corrected chi connectivity index (χ3v) is 5.25. The second-order valence-electron chi connectivity index (χ2n) is 6.46. The molecule has 2 aliphatic rings. The molecule has 0 aliphatic heterocycles. The molecular weight excluding hydrogens is 275 g/mol. The molecule has 1 N–H and O–H groups in total. The monoisotopic (exact) mass is 297 g/mol. The van der Waals surface area contributed by atoms with Crippen LogP contribution in [0.25, 0.3) is 0 Å². The molecular formula is C17H22F3N. The van der Waals surface area contributed by atoms with E-state index in [0.717, 1.165) is 12.3 Å². The fraction of sp³-hybridized carbons (Fsp3) is 0.647. The van der Waals surface area contributed by atoms with Gasteiger partial charge in [0.2, 0.25) is 0 Å². The van der Waals surface area contributed by atoms with Crippen LogP contribution >= 0.6 is 0 Å². The van der Waals surface area contributed by atoms with Gasteiger partial charge in [-0.25, -0.2) is 0 Å². The summed E-state index contributed by atoms with van der Waals surface area (Å²) in [6.45, 7) is 2.67. The molecule has 116 valence electrons. The lowest BCUT2D eigenvalue weighted by Crippen LogP contribution is -2.33. The van der Waals surface area contributed by atoms with Gasteiger partial charge in [-0.2, -0.15) is 13.2 Å². The van der Waals surface area contributed by atoms with E-state index in [1.807, 2.05) is 6.92 Å². The van der Waals surface area contributed by atoms with Gasteiger partial charge in [0.1, 0.15) is 0 Å². The number of benzene rings is 1. The summed E-state index contributed by atoms with van der Waals surface area (Å²) >= 11 is 0. The number of alkyl halides is 3. The zero-order valence-corrected chi connectivity index (χ0v) is 12.3. The Morgan fingerprint density at radius 1 is 1.19 bits per heavy atom. The number of hydrogen-bond acceptors (Lipinski definition) is 1. The van der Waals surface area contributed by atoms with Gasteiger partial charge in [-0.3, -0.25) is 0 Å². The predicted molar refractivity (Wildman–Crippen MR) is 76.8 cm³/mol. The Kier molecular flexibility index (Phi) is 4.00. The molecule has 2 bridgehead atoms. The van der Waals surface area contributed by atoms with E-state index in [1.165, 1.54) is 31.4 Å². The van der Waals surface area contributed by atoms with Crippen LogP contribution in [0, 0.1) is 17.8 Å². The Bertz CT molecular complexity index is 497. The number of rotatable bonds is 4. The zero-order valence-electron chi connectivity index (χ0n) is 12.3. The number of fused-ring (bicyclic) bond motifs is 2. The molecule has 21 heavy (non-hydrogen) atoms. The summed E-state index contributed by atoms with van der Waals surface area (Å²) < 4.78 is 39.9. The minimum absolute atomic E-state index is 0.164. The average Bonchev–Trinajstić information content (AvgIpc) is 3.06. The smallest absolute Gasteiger partial charge is 0.310 e.